The molecule has 0 saturated carbocycles. The van der Waals surface area contributed by atoms with Crippen LogP contribution in [0.25, 0.3) is 0 Å². The molecule has 1 N–H and O–H groups in total. The lowest BCUT2D eigenvalue weighted by molar-refractivity contribution is 0.0954. The van der Waals surface area contributed by atoms with Crippen LogP contribution in [0.15, 0.2) is 46.0 Å². The van der Waals surface area contributed by atoms with Crippen LogP contribution in [0.1, 0.15) is 29.8 Å². The van der Waals surface area contributed by atoms with Crippen molar-refractivity contribution in [2.45, 2.75) is 20.0 Å². The first-order chi connectivity index (χ1) is 12.4. The molecule has 0 aliphatic carbocycles. The molecule has 0 spiro atoms. The Bertz CT molecular complexity index is 806. The molecule has 26 heavy (non-hydrogen) atoms. The number of hydrogen-bond acceptors (Lipinski definition) is 5. The smallest absolute Gasteiger partial charge is 0.271 e. The summed E-state index contributed by atoms with van der Waals surface area (Å²) in [6.45, 7) is 3.84. The lowest BCUT2D eigenvalue weighted by atomic mass is 10.2. The number of hydrogen-bond donors (Lipinski definition) is 1. The normalized spacial score (nSPS) is 10.8. The molecule has 0 bridgehead atoms. The van der Waals surface area contributed by atoms with Crippen LogP contribution in [0.4, 0.5) is 0 Å². The fraction of sp³-hybridized carbons (Fsp3) is 0.263. The summed E-state index contributed by atoms with van der Waals surface area (Å²) in [7, 11) is 3.11. The Morgan fingerprint density at radius 3 is 2.42 bits per heavy atom. The Labute approximate surface area is 161 Å². The summed E-state index contributed by atoms with van der Waals surface area (Å²) < 4.78 is 17.1. The molecule has 2 aromatic rings. The van der Waals surface area contributed by atoms with E-state index in [1.165, 1.54) is 13.3 Å². The predicted octanol–water partition coefficient (Wildman–Crippen LogP) is 4.02. The van der Waals surface area contributed by atoms with Crippen molar-refractivity contribution in [2.75, 3.05) is 14.2 Å². The molecule has 0 aromatic heterocycles. The quantitative estimate of drug-likeness (QED) is 0.542. The van der Waals surface area contributed by atoms with Crippen LogP contribution in [-0.2, 0) is 0 Å². The molecule has 0 atom stereocenters. The second-order valence-electron chi connectivity index (χ2n) is 5.62. The van der Waals surface area contributed by atoms with Crippen molar-refractivity contribution in [3.63, 3.8) is 0 Å². The summed E-state index contributed by atoms with van der Waals surface area (Å²) in [6, 6.07) is 10.5. The van der Waals surface area contributed by atoms with Gasteiger partial charge in [0.25, 0.3) is 5.91 Å². The van der Waals surface area contributed by atoms with E-state index < -0.39 is 0 Å². The SMILES string of the molecule is COc1ccc(Br)cc1/C=N/NC(=O)c1ccc(OC(C)C)c(OC)c1. The van der Waals surface area contributed by atoms with Crippen molar-refractivity contribution in [3.05, 3.63) is 52.0 Å². The Balaban J connectivity index is 2.11. The number of benzene rings is 2. The van der Waals surface area contributed by atoms with Gasteiger partial charge in [0.1, 0.15) is 5.75 Å². The molecular weight excluding hydrogens is 400 g/mol. The molecule has 6 nitrogen and oxygen atoms in total. The highest BCUT2D eigenvalue weighted by Gasteiger charge is 2.12. The molecular formula is C19H21BrN2O4. The Hall–Kier alpha value is -2.54. The van der Waals surface area contributed by atoms with E-state index in [0.717, 1.165) is 10.0 Å². The van der Waals surface area contributed by atoms with E-state index in [2.05, 4.69) is 26.5 Å². The Morgan fingerprint density at radius 1 is 1.08 bits per heavy atom. The van der Waals surface area contributed by atoms with Crippen LogP contribution >= 0.6 is 15.9 Å². The van der Waals surface area contributed by atoms with Gasteiger partial charge in [-0.1, -0.05) is 15.9 Å². The van der Waals surface area contributed by atoms with Crippen LogP contribution in [0.3, 0.4) is 0 Å². The van der Waals surface area contributed by atoms with Gasteiger partial charge in [-0.2, -0.15) is 5.10 Å². The first kappa shape index (κ1) is 19.8. The van der Waals surface area contributed by atoms with E-state index in [1.807, 2.05) is 32.0 Å². The van der Waals surface area contributed by atoms with E-state index >= 15 is 0 Å². The molecule has 0 fully saturated rings. The highest BCUT2D eigenvalue weighted by atomic mass is 79.9. The number of carbonyl (C=O) groups is 1. The van der Waals surface area contributed by atoms with Crippen molar-refractivity contribution in [2.24, 2.45) is 5.10 Å². The van der Waals surface area contributed by atoms with Crippen LogP contribution in [-0.4, -0.2) is 32.4 Å². The fourth-order valence-corrected chi connectivity index (χ4v) is 2.57. The van der Waals surface area contributed by atoms with Gasteiger partial charge < -0.3 is 14.2 Å². The Morgan fingerprint density at radius 2 is 1.77 bits per heavy atom. The first-order valence-electron chi connectivity index (χ1n) is 7.96. The molecule has 0 aliphatic rings. The van der Waals surface area contributed by atoms with Crippen molar-refractivity contribution in [1.82, 2.24) is 5.43 Å². The average Bonchev–Trinajstić information content (AvgIpc) is 2.61. The zero-order valence-corrected chi connectivity index (χ0v) is 16.7. The van der Waals surface area contributed by atoms with Gasteiger partial charge in [0.05, 0.1) is 26.5 Å². The molecule has 2 rings (SSSR count). The second-order valence-corrected chi connectivity index (χ2v) is 6.53. The van der Waals surface area contributed by atoms with Crippen molar-refractivity contribution in [1.29, 1.82) is 0 Å². The lowest BCUT2D eigenvalue weighted by Crippen LogP contribution is -2.18. The predicted molar refractivity (Wildman–Crippen MR) is 105 cm³/mol. The first-order valence-corrected chi connectivity index (χ1v) is 8.75. The minimum absolute atomic E-state index is 0.00773. The minimum Gasteiger partial charge on any atom is -0.496 e. The maximum atomic E-state index is 12.3. The van der Waals surface area contributed by atoms with Gasteiger partial charge in [0.2, 0.25) is 0 Å². The standard InChI is InChI=1S/C19H21BrN2O4/c1-12(2)26-17-7-5-13(10-18(17)25-4)19(23)22-21-11-14-9-15(20)6-8-16(14)24-3/h5-12H,1-4H3,(H,22,23)/b21-11+. The summed E-state index contributed by atoms with van der Waals surface area (Å²) in [5.41, 5.74) is 3.64. The summed E-state index contributed by atoms with van der Waals surface area (Å²) in [4.78, 5) is 12.3. The molecule has 0 aliphatic heterocycles. The van der Waals surface area contributed by atoms with Crippen LogP contribution in [0.5, 0.6) is 17.2 Å². The lowest BCUT2D eigenvalue weighted by Gasteiger charge is -2.14. The maximum Gasteiger partial charge on any atom is 0.271 e. The summed E-state index contributed by atoms with van der Waals surface area (Å²) >= 11 is 3.39. The number of methoxy groups -OCH3 is 2. The second kappa shape index (κ2) is 9.24. The van der Waals surface area contributed by atoms with E-state index in [-0.39, 0.29) is 12.0 Å². The van der Waals surface area contributed by atoms with Crippen LogP contribution < -0.4 is 19.6 Å². The van der Waals surface area contributed by atoms with Gasteiger partial charge in [-0.3, -0.25) is 4.79 Å². The highest BCUT2D eigenvalue weighted by molar-refractivity contribution is 9.10. The van der Waals surface area contributed by atoms with Gasteiger partial charge in [0.15, 0.2) is 11.5 Å². The number of carbonyl (C=O) groups excluding carboxylic acids is 1. The summed E-state index contributed by atoms with van der Waals surface area (Å²) in [5.74, 6) is 1.37. The third kappa shape index (κ3) is 5.23. The topological polar surface area (TPSA) is 69.2 Å². The van der Waals surface area contributed by atoms with E-state index in [0.29, 0.717) is 22.8 Å². The molecule has 0 radical (unpaired) electrons. The Kier molecular flexibility index (Phi) is 7.03. The van der Waals surface area contributed by atoms with Crippen molar-refractivity contribution < 1.29 is 19.0 Å². The largest absolute Gasteiger partial charge is 0.496 e. The molecule has 1 amide bonds. The number of rotatable bonds is 7. The van der Waals surface area contributed by atoms with E-state index in [4.69, 9.17) is 14.2 Å². The molecule has 138 valence electrons. The molecule has 0 saturated heterocycles. The fourth-order valence-electron chi connectivity index (χ4n) is 2.19. The van der Waals surface area contributed by atoms with Crippen molar-refractivity contribution >= 4 is 28.1 Å². The summed E-state index contributed by atoms with van der Waals surface area (Å²) in [6.07, 6.45) is 1.53. The number of ether oxygens (including phenoxy) is 3. The van der Waals surface area contributed by atoms with Gasteiger partial charge in [-0.25, -0.2) is 5.43 Å². The van der Waals surface area contributed by atoms with Gasteiger partial charge in [0, 0.05) is 15.6 Å². The zero-order valence-electron chi connectivity index (χ0n) is 15.1. The highest BCUT2D eigenvalue weighted by Crippen LogP contribution is 2.29. The number of nitrogens with one attached hydrogen (secondary N) is 1. The molecule has 0 heterocycles. The third-order valence-corrected chi connectivity index (χ3v) is 3.84. The van der Waals surface area contributed by atoms with Crippen molar-refractivity contribution in [3.8, 4) is 17.2 Å². The van der Waals surface area contributed by atoms with Gasteiger partial charge in [-0.15, -0.1) is 0 Å². The molecule has 0 unspecified atom stereocenters. The summed E-state index contributed by atoms with van der Waals surface area (Å²) in [5, 5.41) is 4.00. The maximum absolute atomic E-state index is 12.3. The van der Waals surface area contributed by atoms with E-state index in [9.17, 15) is 4.79 Å². The van der Waals surface area contributed by atoms with E-state index in [1.54, 1.807) is 25.3 Å². The number of halogens is 1. The molecule has 2 aromatic carbocycles. The van der Waals surface area contributed by atoms with Gasteiger partial charge in [-0.05, 0) is 50.2 Å². The molecule has 7 heteroatoms. The third-order valence-electron chi connectivity index (χ3n) is 3.35. The monoisotopic (exact) mass is 420 g/mol. The van der Waals surface area contributed by atoms with Crippen LogP contribution in [0, 0.1) is 0 Å². The minimum atomic E-state index is -0.357. The average molecular weight is 421 g/mol. The zero-order chi connectivity index (χ0) is 19.1. The number of amides is 1. The number of hydrazone groups is 1. The van der Waals surface area contributed by atoms with Crippen LogP contribution in [0.2, 0.25) is 0 Å². The van der Waals surface area contributed by atoms with Gasteiger partial charge >= 0.3 is 0 Å². The number of nitrogens with zero attached hydrogens (tertiary/aromatic N) is 1.